The molecule has 1 saturated carbocycles. The Morgan fingerprint density at radius 2 is 1.64 bits per heavy atom. The Labute approximate surface area is 154 Å². The summed E-state index contributed by atoms with van der Waals surface area (Å²) in [6.07, 6.45) is 8.94. The van der Waals surface area contributed by atoms with Crippen LogP contribution in [0.4, 0.5) is 0 Å². The van der Waals surface area contributed by atoms with Gasteiger partial charge < -0.3 is 11.1 Å². The minimum absolute atomic E-state index is 0. The molecule has 1 aliphatic rings. The Hall–Kier alpha value is -0.0400. The highest BCUT2D eigenvalue weighted by molar-refractivity contribution is 14.0. The molecule has 1 aliphatic carbocycles. The Kier molecular flexibility index (Phi) is 12.4. The van der Waals surface area contributed by atoms with E-state index >= 15 is 0 Å². The highest BCUT2D eigenvalue weighted by atomic mass is 127. The van der Waals surface area contributed by atoms with Crippen LogP contribution in [0.1, 0.15) is 72.6 Å². The van der Waals surface area contributed by atoms with Gasteiger partial charge in [0.05, 0.1) is 0 Å². The third-order valence-electron chi connectivity index (χ3n) is 4.39. The molecule has 0 saturated heterocycles. The Morgan fingerprint density at radius 1 is 1.09 bits per heavy atom. The van der Waals surface area contributed by atoms with Crippen molar-refractivity contribution >= 4 is 29.9 Å². The van der Waals surface area contributed by atoms with E-state index in [0.717, 1.165) is 19.5 Å². The second kappa shape index (κ2) is 12.4. The van der Waals surface area contributed by atoms with Gasteiger partial charge in [0.15, 0.2) is 5.96 Å². The number of hydrogen-bond donors (Lipinski definition) is 2. The van der Waals surface area contributed by atoms with E-state index in [1.807, 2.05) is 0 Å². The number of halogens is 1. The summed E-state index contributed by atoms with van der Waals surface area (Å²) in [5.74, 6) is 0.641. The van der Waals surface area contributed by atoms with Crippen molar-refractivity contribution in [3.8, 4) is 0 Å². The van der Waals surface area contributed by atoms with Crippen LogP contribution in [0.3, 0.4) is 0 Å². The Bertz CT molecular complexity index is 289. The van der Waals surface area contributed by atoms with Crippen molar-refractivity contribution < 1.29 is 0 Å². The largest absolute Gasteiger partial charge is 0.370 e. The molecule has 3 N–H and O–H groups in total. The highest BCUT2D eigenvalue weighted by Crippen LogP contribution is 2.16. The molecule has 1 rings (SSSR count). The number of rotatable bonds is 7. The fourth-order valence-electron chi connectivity index (χ4n) is 3.24. The normalized spacial score (nSPS) is 17.7. The molecule has 4 nitrogen and oxygen atoms in total. The van der Waals surface area contributed by atoms with Gasteiger partial charge in [-0.15, -0.1) is 24.0 Å². The molecule has 0 unspecified atom stereocenters. The monoisotopic (exact) mass is 424 g/mol. The van der Waals surface area contributed by atoms with Crippen LogP contribution in [0.5, 0.6) is 0 Å². The summed E-state index contributed by atoms with van der Waals surface area (Å²) in [6, 6.07) is 1.73. The predicted octanol–water partition coefficient (Wildman–Crippen LogP) is 3.74. The van der Waals surface area contributed by atoms with E-state index in [9.17, 15) is 0 Å². The molecule has 0 radical (unpaired) electrons. The van der Waals surface area contributed by atoms with Gasteiger partial charge in [-0.1, -0.05) is 25.7 Å². The first-order chi connectivity index (χ1) is 10.0. The van der Waals surface area contributed by atoms with Crippen LogP contribution in [0, 0.1) is 0 Å². The number of guanidine groups is 1. The molecule has 0 spiro atoms. The molecule has 0 aliphatic heterocycles. The lowest BCUT2D eigenvalue weighted by Crippen LogP contribution is -2.40. The number of nitrogens with one attached hydrogen (secondary N) is 1. The number of aliphatic imine (C=N–C) groups is 1. The summed E-state index contributed by atoms with van der Waals surface area (Å²) in [7, 11) is 0. The van der Waals surface area contributed by atoms with Crippen molar-refractivity contribution in [2.45, 2.75) is 90.8 Å². The summed E-state index contributed by atoms with van der Waals surface area (Å²) < 4.78 is 0. The minimum Gasteiger partial charge on any atom is -0.370 e. The van der Waals surface area contributed by atoms with Crippen molar-refractivity contribution in [2.75, 3.05) is 13.1 Å². The third kappa shape index (κ3) is 9.18. The lowest BCUT2D eigenvalue weighted by molar-refractivity contribution is 0.174. The van der Waals surface area contributed by atoms with Crippen LogP contribution < -0.4 is 11.1 Å². The number of nitrogens with zero attached hydrogens (tertiary/aromatic N) is 2. The van der Waals surface area contributed by atoms with Gasteiger partial charge >= 0.3 is 0 Å². The summed E-state index contributed by atoms with van der Waals surface area (Å²) in [5, 5.41) is 3.41. The average molecular weight is 424 g/mol. The van der Waals surface area contributed by atoms with Gasteiger partial charge in [0.2, 0.25) is 0 Å². The van der Waals surface area contributed by atoms with Gasteiger partial charge in [-0.25, -0.2) is 0 Å². The van der Waals surface area contributed by atoms with Crippen LogP contribution in [0.25, 0.3) is 0 Å². The first kappa shape index (κ1) is 22.0. The molecule has 0 amide bonds. The van der Waals surface area contributed by atoms with Crippen LogP contribution in [-0.2, 0) is 0 Å². The zero-order valence-electron chi connectivity index (χ0n) is 15.0. The van der Waals surface area contributed by atoms with Crippen LogP contribution in [0.2, 0.25) is 0 Å². The Balaban J connectivity index is 0.00000441. The van der Waals surface area contributed by atoms with Gasteiger partial charge in [0.1, 0.15) is 0 Å². The van der Waals surface area contributed by atoms with E-state index in [0.29, 0.717) is 24.1 Å². The molecule has 1 fully saturated rings. The summed E-state index contributed by atoms with van der Waals surface area (Å²) in [4.78, 5) is 7.00. The number of nitrogens with two attached hydrogens (primary N) is 1. The summed E-state index contributed by atoms with van der Waals surface area (Å²) >= 11 is 0. The lowest BCUT2D eigenvalue weighted by Gasteiger charge is -2.30. The minimum atomic E-state index is 0. The van der Waals surface area contributed by atoms with E-state index in [1.165, 1.54) is 38.5 Å². The van der Waals surface area contributed by atoms with Crippen molar-refractivity contribution in [3.63, 3.8) is 0 Å². The quantitative estimate of drug-likeness (QED) is 0.215. The van der Waals surface area contributed by atoms with E-state index in [4.69, 9.17) is 5.73 Å². The maximum atomic E-state index is 6.02. The molecule has 132 valence electrons. The average Bonchev–Trinajstić information content (AvgIpc) is 2.66. The second-order valence-electron chi connectivity index (χ2n) is 6.88. The highest BCUT2D eigenvalue weighted by Gasteiger charge is 2.13. The Morgan fingerprint density at radius 3 is 2.14 bits per heavy atom. The van der Waals surface area contributed by atoms with E-state index in [1.54, 1.807) is 0 Å². The molecule has 0 aromatic carbocycles. The lowest BCUT2D eigenvalue weighted by atomic mass is 10.1. The van der Waals surface area contributed by atoms with Crippen LogP contribution in [-0.4, -0.2) is 42.1 Å². The zero-order valence-corrected chi connectivity index (χ0v) is 17.3. The molecule has 5 heteroatoms. The fraction of sp³-hybridized carbons (Fsp3) is 0.941. The van der Waals surface area contributed by atoms with Gasteiger partial charge in [-0.2, -0.15) is 0 Å². The summed E-state index contributed by atoms with van der Waals surface area (Å²) in [6.45, 7) is 10.9. The molecule has 0 bridgehead atoms. The molecule has 0 aromatic rings. The van der Waals surface area contributed by atoms with Crippen LogP contribution >= 0.6 is 24.0 Å². The van der Waals surface area contributed by atoms with E-state index < -0.39 is 0 Å². The van der Waals surface area contributed by atoms with E-state index in [2.05, 4.69) is 42.9 Å². The molecule has 0 atom stereocenters. The first-order valence-electron chi connectivity index (χ1n) is 8.83. The first-order valence-corrected chi connectivity index (χ1v) is 8.83. The number of hydrogen-bond acceptors (Lipinski definition) is 2. The van der Waals surface area contributed by atoms with Crippen molar-refractivity contribution in [2.24, 2.45) is 10.7 Å². The van der Waals surface area contributed by atoms with Crippen molar-refractivity contribution in [1.82, 2.24) is 10.2 Å². The van der Waals surface area contributed by atoms with Gasteiger partial charge in [0.25, 0.3) is 0 Å². The standard InChI is InChI=1S/C17H36N4.HI/c1-14(2)21(15(3)4)13-9-12-19-17(18)20-16-10-7-5-6-8-11-16;/h14-16H,5-13H2,1-4H3,(H3,18,19,20);1H. The SMILES string of the molecule is CC(C)N(CCCN=C(N)NC1CCCCCC1)C(C)C.I. The zero-order chi connectivity index (χ0) is 15.7. The predicted molar refractivity (Wildman–Crippen MR) is 108 cm³/mol. The smallest absolute Gasteiger partial charge is 0.188 e. The maximum absolute atomic E-state index is 6.02. The molecule has 0 heterocycles. The molecule has 22 heavy (non-hydrogen) atoms. The van der Waals surface area contributed by atoms with Gasteiger partial charge in [0, 0.05) is 31.2 Å². The van der Waals surface area contributed by atoms with Crippen LogP contribution in [0.15, 0.2) is 4.99 Å². The fourth-order valence-corrected chi connectivity index (χ4v) is 3.24. The molecular formula is C17H37IN4. The second-order valence-corrected chi connectivity index (χ2v) is 6.88. The van der Waals surface area contributed by atoms with E-state index in [-0.39, 0.29) is 24.0 Å². The topological polar surface area (TPSA) is 53.6 Å². The van der Waals surface area contributed by atoms with Crippen molar-refractivity contribution in [3.05, 3.63) is 0 Å². The molecular weight excluding hydrogens is 387 g/mol. The van der Waals surface area contributed by atoms with Gasteiger partial charge in [-0.05, 0) is 47.0 Å². The maximum Gasteiger partial charge on any atom is 0.188 e. The third-order valence-corrected chi connectivity index (χ3v) is 4.39. The summed E-state index contributed by atoms with van der Waals surface area (Å²) in [5.41, 5.74) is 6.02. The molecule has 0 aromatic heterocycles. The van der Waals surface area contributed by atoms with Gasteiger partial charge in [-0.3, -0.25) is 9.89 Å². The van der Waals surface area contributed by atoms with Crippen molar-refractivity contribution in [1.29, 1.82) is 0 Å².